The first-order chi connectivity index (χ1) is 12.3. The molecule has 7 heteroatoms. The maximum atomic E-state index is 13.3. The van der Waals surface area contributed by atoms with Crippen molar-refractivity contribution in [3.05, 3.63) is 58.6 Å². The van der Waals surface area contributed by atoms with E-state index in [1.165, 1.54) is 23.5 Å². The molecule has 0 amide bonds. The Morgan fingerprint density at radius 3 is 2.31 bits per heavy atom. The SMILES string of the molecule is COc1cc(C)c(-c2cc(C(F)(F)F)ccc2Nc2nccs2)c(C)c1. The number of hydrogen-bond acceptors (Lipinski definition) is 4. The van der Waals surface area contributed by atoms with Crippen LogP contribution in [0.25, 0.3) is 11.1 Å². The highest BCUT2D eigenvalue weighted by Crippen LogP contribution is 2.40. The smallest absolute Gasteiger partial charge is 0.416 e. The molecule has 0 bridgehead atoms. The fourth-order valence-corrected chi connectivity index (χ4v) is 3.44. The second-order valence-electron chi connectivity index (χ2n) is 5.86. The molecule has 0 saturated heterocycles. The number of halogens is 3. The van der Waals surface area contributed by atoms with Crippen LogP contribution in [0.3, 0.4) is 0 Å². The van der Waals surface area contributed by atoms with E-state index in [4.69, 9.17) is 4.74 Å². The average Bonchev–Trinajstić information content (AvgIpc) is 3.07. The lowest BCUT2D eigenvalue weighted by atomic mass is 9.92. The summed E-state index contributed by atoms with van der Waals surface area (Å²) < 4.78 is 45.0. The number of hydrogen-bond donors (Lipinski definition) is 1. The number of thiazole rings is 1. The quantitative estimate of drug-likeness (QED) is 0.587. The summed E-state index contributed by atoms with van der Waals surface area (Å²) >= 11 is 1.38. The molecular formula is C19H17F3N2OS. The minimum absolute atomic E-state index is 0.479. The monoisotopic (exact) mass is 378 g/mol. The number of nitrogens with one attached hydrogen (secondary N) is 1. The Kier molecular flexibility index (Phi) is 4.91. The Labute approximate surface area is 153 Å². The minimum Gasteiger partial charge on any atom is -0.497 e. The van der Waals surface area contributed by atoms with Gasteiger partial charge in [-0.25, -0.2) is 4.98 Å². The molecule has 0 aliphatic carbocycles. The van der Waals surface area contributed by atoms with Gasteiger partial charge in [-0.05, 0) is 60.9 Å². The lowest BCUT2D eigenvalue weighted by Gasteiger charge is -2.18. The van der Waals surface area contributed by atoms with Crippen LogP contribution in [0, 0.1) is 13.8 Å². The molecule has 0 aliphatic rings. The van der Waals surface area contributed by atoms with Crippen molar-refractivity contribution in [3.63, 3.8) is 0 Å². The van der Waals surface area contributed by atoms with E-state index in [0.29, 0.717) is 22.1 Å². The Bertz CT molecular complexity index is 898. The van der Waals surface area contributed by atoms with E-state index in [1.807, 2.05) is 26.0 Å². The summed E-state index contributed by atoms with van der Waals surface area (Å²) in [5.74, 6) is 0.671. The third kappa shape index (κ3) is 3.67. The van der Waals surface area contributed by atoms with E-state index < -0.39 is 11.7 Å². The van der Waals surface area contributed by atoms with E-state index in [1.54, 1.807) is 18.7 Å². The third-order valence-electron chi connectivity index (χ3n) is 4.03. The van der Waals surface area contributed by atoms with Crippen LogP contribution in [0.5, 0.6) is 5.75 Å². The molecule has 0 aliphatic heterocycles. The number of aryl methyl sites for hydroxylation is 2. The summed E-state index contributed by atoms with van der Waals surface area (Å²) in [6, 6.07) is 7.33. The number of anilines is 2. The molecule has 1 heterocycles. The minimum atomic E-state index is -4.41. The Morgan fingerprint density at radius 2 is 1.77 bits per heavy atom. The molecule has 0 saturated carbocycles. The van der Waals surface area contributed by atoms with Gasteiger partial charge in [-0.1, -0.05) is 0 Å². The lowest BCUT2D eigenvalue weighted by molar-refractivity contribution is -0.137. The second kappa shape index (κ2) is 6.99. The molecular weight excluding hydrogens is 361 g/mol. The summed E-state index contributed by atoms with van der Waals surface area (Å²) in [5.41, 5.74) is 2.78. The van der Waals surface area contributed by atoms with E-state index in [-0.39, 0.29) is 0 Å². The van der Waals surface area contributed by atoms with E-state index in [9.17, 15) is 13.2 Å². The third-order valence-corrected chi connectivity index (χ3v) is 4.72. The van der Waals surface area contributed by atoms with Crippen LogP contribution < -0.4 is 10.1 Å². The van der Waals surface area contributed by atoms with E-state index >= 15 is 0 Å². The number of aromatic nitrogens is 1. The predicted molar refractivity (Wildman–Crippen MR) is 98.3 cm³/mol. The molecule has 3 rings (SSSR count). The molecule has 0 fully saturated rings. The summed E-state index contributed by atoms with van der Waals surface area (Å²) in [6.45, 7) is 3.72. The molecule has 3 nitrogen and oxygen atoms in total. The number of methoxy groups -OCH3 is 1. The fraction of sp³-hybridized carbons (Fsp3) is 0.211. The molecule has 136 valence electrons. The Balaban J connectivity index is 2.20. The molecule has 26 heavy (non-hydrogen) atoms. The summed E-state index contributed by atoms with van der Waals surface area (Å²) in [6.07, 6.45) is -2.77. The van der Waals surface area contributed by atoms with Crippen LogP contribution in [-0.4, -0.2) is 12.1 Å². The molecule has 0 radical (unpaired) electrons. The van der Waals surface area contributed by atoms with E-state index in [0.717, 1.165) is 22.8 Å². The largest absolute Gasteiger partial charge is 0.497 e. The second-order valence-corrected chi connectivity index (χ2v) is 6.75. The van der Waals surface area contributed by atoms with Crippen LogP contribution in [0.15, 0.2) is 41.9 Å². The zero-order valence-corrected chi connectivity index (χ0v) is 15.3. The summed E-state index contributed by atoms with van der Waals surface area (Å²) in [7, 11) is 1.56. The van der Waals surface area contributed by atoms with E-state index in [2.05, 4.69) is 10.3 Å². The molecule has 2 aromatic carbocycles. The van der Waals surface area contributed by atoms with Gasteiger partial charge in [0.1, 0.15) is 5.75 Å². The standard InChI is InChI=1S/C19H17F3N2OS/c1-11-8-14(25-3)9-12(2)17(11)15-10-13(19(20,21)22)4-5-16(15)24-18-23-6-7-26-18/h4-10H,1-3H3,(H,23,24). The number of rotatable bonds is 4. The highest BCUT2D eigenvalue weighted by Gasteiger charge is 2.31. The zero-order valence-electron chi connectivity index (χ0n) is 14.4. The lowest BCUT2D eigenvalue weighted by Crippen LogP contribution is -2.06. The van der Waals surface area contributed by atoms with Crippen LogP contribution in [0.1, 0.15) is 16.7 Å². The molecule has 1 N–H and O–H groups in total. The molecule has 0 unspecified atom stereocenters. The van der Waals surface area contributed by atoms with Crippen molar-refractivity contribution >= 4 is 22.2 Å². The van der Waals surface area contributed by atoms with Crippen LogP contribution in [0.2, 0.25) is 0 Å². The van der Waals surface area contributed by atoms with Crippen molar-refractivity contribution in [1.82, 2.24) is 4.98 Å². The first-order valence-corrected chi connectivity index (χ1v) is 8.71. The maximum absolute atomic E-state index is 13.3. The van der Waals surface area contributed by atoms with Crippen molar-refractivity contribution in [2.75, 3.05) is 12.4 Å². The van der Waals surface area contributed by atoms with Crippen LogP contribution in [-0.2, 0) is 6.18 Å². The van der Waals surface area contributed by atoms with Gasteiger partial charge in [0.05, 0.1) is 12.7 Å². The van der Waals surface area contributed by atoms with Gasteiger partial charge < -0.3 is 10.1 Å². The zero-order chi connectivity index (χ0) is 18.9. The normalized spacial score (nSPS) is 11.5. The number of ether oxygens (including phenoxy) is 1. The highest BCUT2D eigenvalue weighted by molar-refractivity contribution is 7.13. The van der Waals surface area contributed by atoms with Crippen LogP contribution in [0.4, 0.5) is 24.0 Å². The van der Waals surface area contributed by atoms with Gasteiger partial charge in [0, 0.05) is 22.8 Å². The maximum Gasteiger partial charge on any atom is 0.416 e. The fourth-order valence-electron chi connectivity index (χ4n) is 2.90. The molecule has 0 atom stereocenters. The van der Waals surface area contributed by atoms with Crippen molar-refractivity contribution in [2.24, 2.45) is 0 Å². The topological polar surface area (TPSA) is 34.1 Å². The summed E-state index contributed by atoms with van der Waals surface area (Å²) in [4.78, 5) is 4.15. The Hall–Kier alpha value is -2.54. The number of nitrogens with zero attached hydrogens (tertiary/aromatic N) is 1. The first kappa shape index (κ1) is 18.3. The number of alkyl halides is 3. The Morgan fingerprint density at radius 1 is 1.08 bits per heavy atom. The molecule has 0 spiro atoms. The van der Waals surface area contributed by atoms with Gasteiger partial charge in [0.25, 0.3) is 0 Å². The van der Waals surface area contributed by atoms with Gasteiger partial charge in [0.15, 0.2) is 5.13 Å². The predicted octanol–water partition coefficient (Wildman–Crippen LogP) is 6.20. The van der Waals surface area contributed by atoms with Crippen LogP contribution >= 0.6 is 11.3 Å². The number of benzene rings is 2. The van der Waals surface area contributed by atoms with Gasteiger partial charge in [-0.3, -0.25) is 0 Å². The molecule has 1 aromatic heterocycles. The van der Waals surface area contributed by atoms with Crippen molar-refractivity contribution in [3.8, 4) is 16.9 Å². The van der Waals surface area contributed by atoms with Gasteiger partial charge in [-0.15, -0.1) is 11.3 Å². The molecule has 3 aromatic rings. The summed E-state index contributed by atoms with van der Waals surface area (Å²) in [5, 5.41) is 5.54. The average molecular weight is 378 g/mol. The van der Waals surface area contributed by atoms with Gasteiger partial charge in [0.2, 0.25) is 0 Å². The highest BCUT2D eigenvalue weighted by atomic mass is 32.1. The first-order valence-electron chi connectivity index (χ1n) is 7.83. The van der Waals surface area contributed by atoms with Gasteiger partial charge >= 0.3 is 6.18 Å². The van der Waals surface area contributed by atoms with Crippen molar-refractivity contribution in [1.29, 1.82) is 0 Å². The van der Waals surface area contributed by atoms with Crippen molar-refractivity contribution < 1.29 is 17.9 Å². The van der Waals surface area contributed by atoms with Crippen molar-refractivity contribution in [2.45, 2.75) is 20.0 Å². The van der Waals surface area contributed by atoms with Gasteiger partial charge in [-0.2, -0.15) is 13.2 Å².